The molecule has 180 valence electrons. The number of fused-ring (bicyclic) bond motifs is 1. The third-order valence-corrected chi connectivity index (χ3v) is 6.91. The number of rotatable bonds is 7. The van der Waals surface area contributed by atoms with Crippen LogP contribution >= 0.6 is 0 Å². The lowest BCUT2D eigenvalue weighted by Crippen LogP contribution is -2.40. The number of para-hydroxylation sites is 1. The minimum absolute atomic E-state index is 0.00155. The third-order valence-electron chi connectivity index (χ3n) is 6.91. The molecule has 1 saturated heterocycles. The number of amides is 1. The molecule has 1 N–H and O–H groups in total. The molecule has 1 aliphatic rings. The fourth-order valence-electron chi connectivity index (χ4n) is 4.91. The zero-order chi connectivity index (χ0) is 24.2. The Hall–Kier alpha value is -3.51. The molecular weight excluding hydrogens is 444 g/mol. The zero-order valence-corrected chi connectivity index (χ0v) is 19.6. The Morgan fingerprint density at radius 2 is 1.60 bits per heavy atom. The van der Waals surface area contributed by atoms with E-state index in [1.165, 1.54) is 29.3 Å². The molecule has 4 aromatic rings. The van der Waals surface area contributed by atoms with Gasteiger partial charge in [0.2, 0.25) is 5.91 Å². The molecule has 0 spiro atoms. The highest BCUT2D eigenvalue weighted by Crippen LogP contribution is 2.25. The number of carbonyl (C=O) groups is 1. The molecule has 0 radical (unpaired) electrons. The fourth-order valence-corrected chi connectivity index (χ4v) is 4.91. The van der Waals surface area contributed by atoms with E-state index < -0.39 is 0 Å². The average Bonchev–Trinajstić information content (AvgIpc) is 3.22. The summed E-state index contributed by atoms with van der Waals surface area (Å²) in [5, 5.41) is 4.09. The first-order valence-electron chi connectivity index (χ1n) is 12.1. The second-order valence-corrected chi connectivity index (χ2v) is 9.27. The van der Waals surface area contributed by atoms with Crippen molar-refractivity contribution in [2.75, 3.05) is 13.1 Å². The lowest BCUT2D eigenvalue weighted by molar-refractivity contribution is -0.126. The van der Waals surface area contributed by atoms with Crippen LogP contribution in [0.4, 0.5) is 8.78 Å². The minimum atomic E-state index is -0.293. The summed E-state index contributed by atoms with van der Waals surface area (Å²) >= 11 is 0. The number of piperidine rings is 1. The minimum Gasteiger partial charge on any atom is -0.352 e. The molecule has 2 heterocycles. The largest absolute Gasteiger partial charge is 0.352 e. The first kappa shape index (κ1) is 23.2. The van der Waals surface area contributed by atoms with E-state index >= 15 is 0 Å². The maximum absolute atomic E-state index is 13.8. The van der Waals surface area contributed by atoms with Gasteiger partial charge in [0.1, 0.15) is 11.6 Å². The van der Waals surface area contributed by atoms with Crippen LogP contribution in [-0.4, -0.2) is 28.5 Å². The molecule has 3 aromatic carbocycles. The Morgan fingerprint density at radius 1 is 0.886 bits per heavy atom. The molecule has 35 heavy (non-hydrogen) atoms. The number of aromatic nitrogens is 1. The van der Waals surface area contributed by atoms with E-state index in [4.69, 9.17) is 0 Å². The molecule has 1 aromatic heterocycles. The summed E-state index contributed by atoms with van der Waals surface area (Å²) in [6.07, 6.45) is 1.56. The average molecular weight is 474 g/mol. The first-order chi connectivity index (χ1) is 17.1. The van der Waals surface area contributed by atoms with Gasteiger partial charge >= 0.3 is 0 Å². The van der Waals surface area contributed by atoms with Crippen molar-refractivity contribution < 1.29 is 13.6 Å². The lowest BCUT2D eigenvalue weighted by Gasteiger charge is -2.31. The molecule has 0 aliphatic carbocycles. The highest BCUT2D eigenvalue weighted by atomic mass is 19.1. The SMILES string of the molecule is O=C(NCc1ccccc1F)C1CCN(Cc2cc3ccccc3n2Cc2ccc(F)cc2)CC1. The zero-order valence-electron chi connectivity index (χ0n) is 19.6. The smallest absolute Gasteiger partial charge is 0.223 e. The predicted octanol–water partition coefficient (Wildman–Crippen LogP) is 5.50. The van der Waals surface area contributed by atoms with Crippen LogP contribution < -0.4 is 5.32 Å². The number of carbonyl (C=O) groups excluding carboxylic acids is 1. The van der Waals surface area contributed by atoms with E-state index in [1.54, 1.807) is 18.2 Å². The van der Waals surface area contributed by atoms with Crippen LogP contribution in [-0.2, 0) is 24.4 Å². The predicted molar refractivity (Wildman–Crippen MR) is 134 cm³/mol. The standard InChI is InChI=1S/C29H29F2N3O/c30-25-11-9-21(10-12-25)19-34-26(17-23-5-2-4-8-28(23)34)20-33-15-13-22(14-16-33)29(35)32-18-24-6-1-3-7-27(24)31/h1-12,17,22H,13-16,18-20H2,(H,32,35). The number of nitrogens with zero attached hydrogens (tertiary/aromatic N) is 2. The van der Waals surface area contributed by atoms with Gasteiger partial charge in [-0.05, 0) is 67.2 Å². The van der Waals surface area contributed by atoms with Gasteiger partial charge in [-0.1, -0.05) is 48.5 Å². The third kappa shape index (κ3) is 5.43. The van der Waals surface area contributed by atoms with Crippen molar-refractivity contribution in [1.29, 1.82) is 0 Å². The normalized spacial score (nSPS) is 14.9. The van der Waals surface area contributed by atoms with Crippen molar-refractivity contribution in [1.82, 2.24) is 14.8 Å². The number of halogens is 2. The monoisotopic (exact) mass is 473 g/mol. The Kier molecular flexibility index (Phi) is 6.91. The second kappa shape index (κ2) is 10.4. The van der Waals surface area contributed by atoms with E-state index in [9.17, 15) is 13.6 Å². The molecule has 1 aliphatic heterocycles. The Bertz CT molecular complexity index is 1310. The van der Waals surface area contributed by atoms with Crippen molar-refractivity contribution in [3.05, 3.63) is 107 Å². The van der Waals surface area contributed by atoms with E-state index in [-0.39, 0.29) is 30.0 Å². The summed E-state index contributed by atoms with van der Waals surface area (Å²) in [7, 11) is 0. The van der Waals surface area contributed by atoms with Gasteiger partial charge in [0, 0.05) is 42.3 Å². The van der Waals surface area contributed by atoms with Gasteiger partial charge in [0.25, 0.3) is 0 Å². The van der Waals surface area contributed by atoms with Gasteiger partial charge in [0.05, 0.1) is 0 Å². The maximum atomic E-state index is 13.8. The summed E-state index contributed by atoms with van der Waals surface area (Å²) in [6.45, 7) is 3.35. The highest BCUT2D eigenvalue weighted by Gasteiger charge is 2.25. The van der Waals surface area contributed by atoms with Gasteiger partial charge in [-0.3, -0.25) is 9.69 Å². The van der Waals surface area contributed by atoms with Crippen LogP contribution in [0.5, 0.6) is 0 Å². The van der Waals surface area contributed by atoms with Crippen molar-refractivity contribution >= 4 is 16.8 Å². The Labute approximate surface area is 204 Å². The van der Waals surface area contributed by atoms with Crippen LogP contribution in [0.25, 0.3) is 10.9 Å². The van der Waals surface area contributed by atoms with Gasteiger partial charge in [-0.25, -0.2) is 8.78 Å². The summed E-state index contributed by atoms with van der Waals surface area (Å²) in [5.74, 6) is -0.577. The van der Waals surface area contributed by atoms with Crippen molar-refractivity contribution in [2.24, 2.45) is 5.92 Å². The van der Waals surface area contributed by atoms with E-state index in [0.717, 1.165) is 43.6 Å². The lowest BCUT2D eigenvalue weighted by atomic mass is 9.95. The molecular formula is C29H29F2N3O. The summed E-state index contributed by atoms with van der Waals surface area (Å²) < 4.78 is 29.5. The molecule has 1 amide bonds. The van der Waals surface area contributed by atoms with Gasteiger partial charge in [-0.15, -0.1) is 0 Å². The molecule has 4 nitrogen and oxygen atoms in total. The summed E-state index contributed by atoms with van der Waals surface area (Å²) in [6, 6.07) is 23.8. The maximum Gasteiger partial charge on any atom is 0.223 e. The second-order valence-electron chi connectivity index (χ2n) is 9.27. The molecule has 0 atom stereocenters. The van der Waals surface area contributed by atoms with Crippen LogP contribution in [0.1, 0.15) is 29.7 Å². The van der Waals surface area contributed by atoms with Crippen LogP contribution in [0.15, 0.2) is 78.9 Å². The number of hydrogen-bond acceptors (Lipinski definition) is 2. The highest BCUT2D eigenvalue weighted by molar-refractivity contribution is 5.81. The summed E-state index contributed by atoms with van der Waals surface area (Å²) in [4.78, 5) is 15.0. The molecule has 6 heteroatoms. The Morgan fingerprint density at radius 3 is 2.37 bits per heavy atom. The number of nitrogens with one attached hydrogen (secondary N) is 1. The van der Waals surface area contributed by atoms with E-state index in [0.29, 0.717) is 12.1 Å². The molecule has 0 saturated carbocycles. The van der Waals surface area contributed by atoms with Crippen LogP contribution in [0, 0.1) is 17.6 Å². The van der Waals surface area contributed by atoms with Gasteiger partial charge < -0.3 is 9.88 Å². The van der Waals surface area contributed by atoms with Crippen molar-refractivity contribution in [2.45, 2.75) is 32.5 Å². The van der Waals surface area contributed by atoms with Gasteiger partial charge in [0.15, 0.2) is 0 Å². The van der Waals surface area contributed by atoms with Crippen molar-refractivity contribution in [3.8, 4) is 0 Å². The molecule has 0 unspecified atom stereocenters. The number of likely N-dealkylation sites (tertiary alicyclic amines) is 1. The quantitative estimate of drug-likeness (QED) is 0.385. The molecule has 1 fully saturated rings. The number of hydrogen-bond donors (Lipinski definition) is 1. The molecule has 5 rings (SSSR count). The van der Waals surface area contributed by atoms with Crippen LogP contribution in [0.2, 0.25) is 0 Å². The Balaban J connectivity index is 1.22. The molecule has 0 bridgehead atoms. The number of benzene rings is 3. The van der Waals surface area contributed by atoms with E-state index in [1.807, 2.05) is 24.3 Å². The van der Waals surface area contributed by atoms with E-state index in [2.05, 4.69) is 33.0 Å². The topological polar surface area (TPSA) is 37.3 Å². The fraction of sp³-hybridized carbons (Fsp3) is 0.276. The van der Waals surface area contributed by atoms with Crippen molar-refractivity contribution in [3.63, 3.8) is 0 Å². The van der Waals surface area contributed by atoms with Crippen LogP contribution in [0.3, 0.4) is 0 Å². The first-order valence-corrected chi connectivity index (χ1v) is 12.1. The van der Waals surface area contributed by atoms with Gasteiger partial charge in [-0.2, -0.15) is 0 Å². The summed E-state index contributed by atoms with van der Waals surface area (Å²) in [5.41, 5.74) is 3.93.